The van der Waals surface area contributed by atoms with Gasteiger partial charge in [-0.3, -0.25) is 0 Å². The number of nitrogens with one attached hydrogen (secondary N) is 1. The van der Waals surface area contributed by atoms with Gasteiger partial charge in [0.2, 0.25) is 0 Å². The first kappa shape index (κ1) is 18.1. The maximum Gasteiger partial charge on any atom is 0.170 e. The molecule has 142 valence electrons. The van der Waals surface area contributed by atoms with Gasteiger partial charge < -0.3 is 19.6 Å². The molecule has 0 fully saturated rings. The van der Waals surface area contributed by atoms with Crippen LogP contribution >= 0.6 is 11.8 Å². The predicted octanol–water partition coefficient (Wildman–Crippen LogP) is 4.08. The summed E-state index contributed by atoms with van der Waals surface area (Å²) in [4.78, 5) is 0. The fourth-order valence-electron chi connectivity index (χ4n) is 3.59. The number of thioether (sulfide) groups is 1. The van der Waals surface area contributed by atoms with E-state index in [2.05, 4.69) is 41.0 Å². The highest BCUT2D eigenvalue weighted by Gasteiger charge is 2.38. The zero-order valence-electron chi connectivity index (χ0n) is 15.8. The SMILES string of the molecule is COc1ccc(C2=C[C@@H]3c4ccccc4O[C@@H](CCSC)N3N2)cc1OC. The number of para-hydroxylation sites is 1. The first-order valence-corrected chi connectivity index (χ1v) is 10.4. The third-order valence-corrected chi connectivity index (χ3v) is 5.59. The summed E-state index contributed by atoms with van der Waals surface area (Å²) in [5.74, 6) is 3.46. The Balaban J connectivity index is 1.68. The van der Waals surface area contributed by atoms with Crippen molar-refractivity contribution in [3.05, 3.63) is 59.7 Å². The Morgan fingerprint density at radius 1 is 1.11 bits per heavy atom. The van der Waals surface area contributed by atoms with Crippen LogP contribution < -0.4 is 19.6 Å². The summed E-state index contributed by atoms with van der Waals surface area (Å²) in [5.41, 5.74) is 6.85. The first-order chi connectivity index (χ1) is 13.2. The van der Waals surface area contributed by atoms with Crippen LogP contribution in [0.2, 0.25) is 0 Å². The van der Waals surface area contributed by atoms with Crippen LogP contribution in [0, 0.1) is 0 Å². The highest BCUT2D eigenvalue weighted by molar-refractivity contribution is 7.98. The summed E-state index contributed by atoms with van der Waals surface area (Å²) >= 11 is 1.84. The molecule has 27 heavy (non-hydrogen) atoms. The summed E-state index contributed by atoms with van der Waals surface area (Å²) in [6.45, 7) is 0. The third kappa shape index (κ3) is 3.35. The second-order valence-electron chi connectivity index (χ2n) is 6.51. The molecular formula is C21H24N2O3S. The number of hydrogen-bond donors (Lipinski definition) is 1. The van der Waals surface area contributed by atoms with E-state index in [4.69, 9.17) is 14.2 Å². The second-order valence-corrected chi connectivity index (χ2v) is 7.49. The van der Waals surface area contributed by atoms with E-state index in [9.17, 15) is 0 Å². The van der Waals surface area contributed by atoms with Gasteiger partial charge in [-0.25, -0.2) is 0 Å². The monoisotopic (exact) mass is 384 g/mol. The Bertz CT molecular complexity index is 855. The van der Waals surface area contributed by atoms with E-state index in [1.54, 1.807) is 14.2 Å². The fourth-order valence-corrected chi connectivity index (χ4v) is 4.03. The molecule has 0 aliphatic carbocycles. The average molecular weight is 385 g/mol. The lowest BCUT2D eigenvalue weighted by atomic mass is 10.0. The van der Waals surface area contributed by atoms with Gasteiger partial charge in [0, 0.05) is 17.5 Å². The van der Waals surface area contributed by atoms with Crippen LogP contribution in [0.4, 0.5) is 0 Å². The molecule has 2 atom stereocenters. The zero-order valence-corrected chi connectivity index (χ0v) is 16.6. The van der Waals surface area contributed by atoms with E-state index in [0.29, 0.717) is 0 Å². The van der Waals surface area contributed by atoms with Gasteiger partial charge in [0.25, 0.3) is 0 Å². The van der Waals surface area contributed by atoms with Gasteiger partial charge in [0.15, 0.2) is 17.7 Å². The predicted molar refractivity (Wildman–Crippen MR) is 109 cm³/mol. The largest absolute Gasteiger partial charge is 0.493 e. The Kier molecular flexibility index (Phi) is 5.18. The molecule has 4 rings (SSSR count). The summed E-state index contributed by atoms with van der Waals surface area (Å²) in [6.07, 6.45) is 5.32. The molecular weight excluding hydrogens is 360 g/mol. The Morgan fingerprint density at radius 3 is 2.70 bits per heavy atom. The molecule has 0 radical (unpaired) electrons. The van der Waals surface area contributed by atoms with Crippen molar-refractivity contribution in [1.29, 1.82) is 0 Å². The first-order valence-electron chi connectivity index (χ1n) is 8.99. The molecule has 0 unspecified atom stereocenters. The van der Waals surface area contributed by atoms with Crippen LogP contribution in [0.5, 0.6) is 17.2 Å². The fraction of sp³-hybridized carbons (Fsp3) is 0.333. The zero-order chi connectivity index (χ0) is 18.8. The smallest absolute Gasteiger partial charge is 0.170 e. The van der Waals surface area contributed by atoms with E-state index in [1.165, 1.54) is 5.56 Å². The number of benzene rings is 2. The van der Waals surface area contributed by atoms with Crippen LogP contribution in [0.25, 0.3) is 5.70 Å². The summed E-state index contributed by atoms with van der Waals surface area (Å²) in [7, 11) is 3.30. The lowest BCUT2D eigenvalue weighted by Crippen LogP contribution is -2.48. The molecule has 0 saturated heterocycles. The summed E-state index contributed by atoms with van der Waals surface area (Å²) in [6, 6.07) is 14.4. The Labute approximate surface area is 164 Å². The molecule has 0 saturated carbocycles. The van der Waals surface area contributed by atoms with Gasteiger partial charge >= 0.3 is 0 Å². The standard InChI is InChI=1S/C21H24N2O3S/c1-24-19-9-8-14(12-20(19)25-2)16-13-17-15-6-4-5-7-18(15)26-21(10-11-27-3)23(17)22-16/h4-9,12-13,17,21-22H,10-11H2,1-3H3/t17-,21+/m1/s1. The highest BCUT2D eigenvalue weighted by atomic mass is 32.2. The molecule has 2 aromatic rings. The third-order valence-electron chi connectivity index (χ3n) is 4.95. The van der Waals surface area contributed by atoms with E-state index in [0.717, 1.165) is 40.7 Å². The minimum Gasteiger partial charge on any atom is -0.493 e. The summed E-state index contributed by atoms with van der Waals surface area (Å²) in [5, 5.41) is 2.21. The molecule has 2 aliphatic heterocycles. The lowest BCUT2D eigenvalue weighted by molar-refractivity contribution is -0.0313. The van der Waals surface area contributed by atoms with E-state index in [1.807, 2.05) is 36.0 Å². The number of rotatable bonds is 6. The van der Waals surface area contributed by atoms with Crippen molar-refractivity contribution in [2.75, 3.05) is 26.2 Å². The Hall–Kier alpha value is -2.31. The van der Waals surface area contributed by atoms with Crippen molar-refractivity contribution < 1.29 is 14.2 Å². The van der Waals surface area contributed by atoms with E-state index >= 15 is 0 Å². The molecule has 0 aromatic heterocycles. The highest BCUT2D eigenvalue weighted by Crippen LogP contribution is 2.42. The summed E-state index contributed by atoms with van der Waals surface area (Å²) < 4.78 is 17.1. The maximum atomic E-state index is 6.29. The quantitative estimate of drug-likeness (QED) is 0.810. The van der Waals surface area contributed by atoms with E-state index < -0.39 is 0 Å². The van der Waals surface area contributed by atoms with Crippen molar-refractivity contribution in [3.8, 4) is 17.2 Å². The van der Waals surface area contributed by atoms with Crippen molar-refractivity contribution in [3.63, 3.8) is 0 Å². The molecule has 6 heteroatoms. The second kappa shape index (κ2) is 7.74. The maximum absolute atomic E-state index is 6.29. The van der Waals surface area contributed by atoms with Gasteiger partial charge in [0.05, 0.1) is 26.0 Å². The van der Waals surface area contributed by atoms with Crippen molar-refractivity contribution in [2.45, 2.75) is 18.7 Å². The minimum absolute atomic E-state index is 0.00811. The number of fused-ring (bicyclic) bond motifs is 3. The molecule has 0 bridgehead atoms. The van der Waals surface area contributed by atoms with Gasteiger partial charge in [-0.05, 0) is 42.4 Å². The average Bonchev–Trinajstić information content (AvgIpc) is 3.17. The molecule has 0 amide bonds. The van der Waals surface area contributed by atoms with Crippen LogP contribution in [-0.4, -0.2) is 37.5 Å². The molecule has 0 spiro atoms. The number of nitrogens with zero attached hydrogens (tertiary/aromatic N) is 1. The lowest BCUT2D eigenvalue weighted by Gasteiger charge is -2.38. The molecule has 2 heterocycles. The number of ether oxygens (including phenoxy) is 3. The topological polar surface area (TPSA) is 43.0 Å². The molecule has 2 aliphatic rings. The number of hydrazine groups is 1. The van der Waals surface area contributed by atoms with Crippen molar-refractivity contribution in [1.82, 2.24) is 10.4 Å². The van der Waals surface area contributed by atoms with Gasteiger partial charge in [-0.15, -0.1) is 0 Å². The van der Waals surface area contributed by atoms with E-state index in [-0.39, 0.29) is 12.3 Å². The molecule has 5 nitrogen and oxygen atoms in total. The van der Waals surface area contributed by atoms with Gasteiger partial charge in [-0.1, -0.05) is 18.2 Å². The normalized spacial score (nSPS) is 20.8. The van der Waals surface area contributed by atoms with Crippen molar-refractivity contribution >= 4 is 17.5 Å². The molecule has 1 N–H and O–H groups in total. The number of hydrogen-bond acceptors (Lipinski definition) is 6. The van der Waals surface area contributed by atoms with Crippen LogP contribution in [0.3, 0.4) is 0 Å². The van der Waals surface area contributed by atoms with Crippen molar-refractivity contribution in [2.24, 2.45) is 0 Å². The van der Waals surface area contributed by atoms with Crippen LogP contribution in [0.15, 0.2) is 48.5 Å². The van der Waals surface area contributed by atoms with Gasteiger partial charge in [-0.2, -0.15) is 16.8 Å². The van der Waals surface area contributed by atoms with Crippen LogP contribution in [-0.2, 0) is 0 Å². The minimum atomic E-state index is -0.00811. The Morgan fingerprint density at radius 2 is 1.93 bits per heavy atom. The molecule has 2 aromatic carbocycles. The van der Waals surface area contributed by atoms with Crippen LogP contribution in [0.1, 0.15) is 23.6 Å². The number of methoxy groups -OCH3 is 2. The van der Waals surface area contributed by atoms with Gasteiger partial charge in [0.1, 0.15) is 5.75 Å².